The molecule has 2 nitrogen and oxygen atoms in total. The third-order valence-corrected chi connectivity index (χ3v) is 1.12. The minimum Gasteiger partial charge on any atom is -0.302 e. The Balaban J connectivity index is 0. The lowest BCUT2D eigenvalue weighted by molar-refractivity contribution is -0.122. The summed E-state index contributed by atoms with van der Waals surface area (Å²) >= 11 is 0. The Bertz CT molecular complexity index is 97.4. The van der Waals surface area contributed by atoms with Gasteiger partial charge in [-0.2, -0.15) is 0 Å². The summed E-state index contributed by atoms with van der Waals surface area (Å²) in [4.78, 5) is 12.8. The van der Waals surface area contributed by atoms with E-state index in [1.54, 1.807) is 0 Å². The van der Waals surface area contributed by atoms with E-state index in [1.165, 1.54) is 0 Å². The Morgan fingerprint density at radius 3 is 1.90 bits per heavy atom. The lowest BCUT2D eigenvalue weighted by atomic mass is 10.1. The first kappa shape index (κ1) is 12.3. The number of likely N-dealkylation sites (N-methyl/N-ethyl adjacent to an activating group) is 1. The minimum absolute atomic E-state index is 0. The largest absolute Gasteiger partial charge is 0.302 e. The molecule has 0 aliphatic rings. The molecule has 0 fully saturated rings. The van der Waals surface area contributed by atoms with Crippen LogP contribution in [0, 0.1) is 5.92 Å². The summed E-state index contributed by atoms with van der Waals surface area (Å²) in [6.45, 7) is 4.41. The van der Waals surface area contributed by atoms with Crippen molar-refractivity contribution in [1.29, 1.82) is 0 Å². The second-order valence-corrected chi connectivity index (χ2v) is 2.86. The third-order valence-electron chi connectivity index (χ3n) is 1.12. The molecule has 0 rings (SSSR count). The van der Waals surface area contributed by atoms with Gasteiger partial charge >= 0.3 is 0 Å². The van der Waals surface area contributed by atoms with E-state index in [2.05, 4.69) is 0 Å². The highest BCUT2D eigenvalue weighted by Gasteiger charge is 2.06. The van der Waals surface area contributed by atoms with Crippen LogP contribution < -0.4 is 0 Å². The lowest BCUT2D eigenvalue weighted by Crippen LogP contribution is -2.24. The van der Waals surface area contributed by atoms with Gasteiger partial charge in [0.2, 0.25) is 0 Å². The quantitative estimate of drug-likeness (QED) is 0.598. The van der Waals surface area contributed by atoms with Gasteiger partial charge in [-0.3, -0.25) is 4.79 Å². The van der Waals surface area contributed by atoms with Crippen LogP contribution in [0.25, 0.3) is 0 Å². The zero-order valence-electron chi connectivity index (χ0n) is 6.64. The zero-order valence-corrected chi connectivity index (χ0v) is 6.64. The molecule has 0 amide bonds. The van der Waals surface area contributed by atoms with Gasteiger partial charge in [0.25, 0.3) is 0 Å². The van der Waals surface area contributed by atoms with Gasteiger partial charge in [0.05, 0.1) is 6.54 Å². The van der Waals surface area contributed by atoms with Crippen LogP contribution in [0.5, 0.6) is 0 Å². The van der Waals surface area contributed by atoms with E-state index in [4.69, 9.17) is 0 Å². The molecule has 0 heterocycles. The Morgan fingerprint density at radius 2 is 1.80 bits per heavy atom. The van der Waals surface area contributed by atoms with E-state index in [9.17, 15) is 4.79 Å². The number of Topliss-reactive ketones (excluding diaryl/α,β-unsaturated/α-hetero) is 1. The van der Waals surface area contributed by atoms with Crippen molar-refractivity contribution in [3.63, 3.8) is 0 Å². The predicted molar refractivity (Wildman–Crippen MR) is 45.1 cm³/mol. The van der Waals surface area contributed by atoms with Crippen molar-refractivity contribution >= 4 is 5.78 Å². The number of hydrogen-bond acceptors (Lipinski definition) is 2. The molecule has 0 aliphatic heterocycles. The maximum Gasteiger partial charge on any atom is 0.149 e. The molecule has 0 N–H and O–H groups in total. The minimum atomic E-state index is 0. The van der Waals surface area contributed by atoms with Crippen molar-refractivity contribution in [2.75, 3.05) is 20.6 Å². The van der Waals surface area contributed by atoms with Crippen LogP contribution in [0.15, 0.2) is 0 Å². The second-order valence-electron chi connectivity index (χ2n) is 2.86. The van der Waals surface area contributed by atoms with Crippen molar-refractivity contribution in [1.82, 2.24) is 4.90 Å². The molecule has 2 heteroatoms. The van der Waals surface area contributed by atoms with Crippen LogP contribution in [0.2, 0.25) is 0 Å². The number of nitrogens with zero attached hydrogens (tertiary/aromatic N) is 1. The number of hydrogen-bond donors (Lipinski definition) is 0. The molecule has 0 unspecified atom stereocenters. The molecular formula is C8H19NO. The predicted octanol–water partition coefficient (Wildman–Crippen LogP) is 1.41. The molecule has 0 aliphatic carbocycles. The van der Waals surface area contributed by atoms with Crippen LogP contribution in [-0.2, 0) is 4.79 Å². The first-order valence-electron chi connectivity index (χ1n) is 3.21. The molecule has 0 aromatic carbocycles. The average molecular weight is 145 g/mol. The molecule has 0 saturated carbocycles. The maximum atomic E-state index is 10.9. The van der Waals surface area contributed by atoms with Gasteiger partial charge in [-0.05, 0) is 14.1 Å². The van der Waals surface area contributed by atoms with E-state index in [-0.39, 0.29) is 13.3 Å². The fourth-order valence-electron chi connectivity index (χ4n) is 0.494. The fourth-order valence-corrected chi connectivity index (χ4v) is 0.494. The first-order chi connectivity index (χ1) is 4.04. The van der Waals surface area contributed by atoms with Crippen LogP contribution in [0.1, 0.15) is 21.3 Å². The Hall–Kier alpha value is -0.370. The topological polar surface area (TPSA) is 20.3 Å². The monoisotopic (exact) mass is 145 g/mol. The summed E-state index contributed by atoms with van der Waals surface area (Å²) in [6.07, 6.45) is 0. The molecule has 0 saturated heterocycles. The van der Waals surface area contributed by atoms with Gasteiger partial charge in [-0.15, -0.1) is 0 Å². The Kier molecular flexibility index (Phi) is 6.67. The van der Waals surface area contributed by atoms with Gasteiger partial charge in [0, 0.05) is 5.92 Å². The van der Waals surface area contributed by atoms with Gasteiger partial charge in [-0.25, -0.2) is 0 Å². The standard InChI is InChI=1S/C7H15NO.CH4/c1-6(2)7(9)5-8(3)4;/h6H,5H2,1-4H3;1H4. The van der Waals surface area contributed by atoms with Crippen LogP contribution >= 0.6 is 0 Å². The number of carbonyl (C=O) groups excluding carboxylic acids is 1. The molecule has 0 aromatic rings. The molecule has 0 radical (unpaired) electrons. The molecule has 10 heavy (non-hydrogen) atoms. The third kappa shape index (κ3) is 5.76. The van der Waals surface area contributed by atoms with Crippen LogP contribution in [-0.4, -0.2) is 31.3 Å². The molecule has 0 atom stereocenters. The molecular weight excluding hydrogens is 126 g/mol. The lowest BCUT2D eigenvalue weighted by Gasteiger charge is -2.09. The van der Waals surface area contributed by atoms with Gasteiger partial charge in [-0.1, -0.05) is 21.3 Å². The highest BCUT2D eigenvalue weighted by Crippen LogP contribution is 1.93. The van der Waals surface area contributed by atoms with Crippen LogP contribution in [0.3, 0.4) is 0 Å². The Morgan fingerprint density at radius 1 is 1.40 bits per heavy atom. The van der Waals surface area contributed by atoms with Crippen molar-refractivity contribution < 1.29 is 4.79 Å². The summed E-state index contributed by atoms with van der Waals surface area (Å²) in [5.74, 6) is 0.479. The zero-order chi connectivity index (χ0) is 7.44. The fraction of sp³-hybridized carbons (Fsp3) is 0.875. The highest BCUT2D eigenvalue weighted by atomic mass is 16.1. The van der Waals surface area contributed by atoms with E-state index in [1.807, 2.05) is 32.8 Å². The molecule has 0 bridgehead atoms. The van der Waals surface area contributed by atoms with Gasteiger partial charge in [0.1, 0.15) is 5.78 Å². The van der Waals surface area contributed by atoms with Crippen molar-refractivity contribution in [2.45, 2.75) is 21.3 Å². The van der Waals surface area contributed by atoms with Crippen molar-refractivity contribution in [3.8, 4) is 0 Å². The van der Waals surface area contributed by atoms with Crippen molar-refractivity contribution in [2.24, 2.45) is 5.92 Å². The molecule has 62 valence electrons. The summed E-state index contributed by atoms with van der Waals surface area (Å²) in [7, 11) is 3.81. The van der Waals surface area contributed by atoms with Gasteiger partial charge < -0.3 is 4.90 Å². The molecule has 0 spiro atoms. The van der Waals surface area contributed by atoms with E-state index in [0.29, 0.717) is 12.3 Å². The maximum absolute atomic E-state index is 10.9. The smallest absolute Gasteiger partial charge is 0.149 e. The normalized spacial score (nSPS) is 9.80. The molecule has 0 aromatic heterocycles. The van der Waals surface area contributed by atoms with Crippen molar-refractivity contribution in [3.05, 3.63) is 0 Å². The summed E-state index contributed by atoms with van der Waals surface area (Å²) < 4.78 is 0. The summed E-state index contributed by atoms with van der Waals surface area (Å²) in [5.41, 5.74) is 0. The Labute approximate surface area is 64.2 Å². The van der Waals surface area contributed by atoms with E-state index in [0.717, 1.165) is 0 Å². The van der Waals surface area contributed by atoms with E-state index < -0.39 is 0 Å². The SMILES string of the molecule is C.CC(C)C(=O)CN(C)C. The van der Waals surface area contributed by atoms with E-state index >= 15 is 0 Å². The summed E-state index contributed by atoms with van der Waals surface area (Å²) in [6, 6.07) is 0. The first-order valence-corrected chi connectivity index (χ1v) is 3.21. The van der Waals surface area contributed by atoms with Crippen LogP contribution in [0.4, 0.5) is 0 Å². The second kappa shape index (κ2) is 5.42. The number of carbonyl (C=O) groups is 1. The van der Waals surface area contributed by atoms with Gasteiger partial charge in [0.15, 0.2) is 0 Å². The highest BCUT2D eigenvalue weighted by molar-refractivity contribution is 5.82. The average Bonchev–Trinajstić information content (AvgIpc) is 1.63. The number of ketones is 1. The number of rotatable bonds is 3. The summed E-state index contributed by atoms with van der Waals surface area (Å²) in [5, 5.41) is 0.